The van der Waals surface area contributed by atoms with Crippen LogP contribution < -0.4 is 0 Å². The second kappa shape index (κ2) is 32.1. The number of carbonyl (C=O) groups excluding carboxylic acids is 2. The summed E-state index contributed by atoms with van der Waals surface area (Å²) in [6.07, 6.45) is 37.4. The minimum Gasteiger partial charge on any atom is -0.462 e. The van der Waals surface area contributed by atoms with Gasteiger partial charge >= 0.3 is 5.97 Å². The van der Waals surface area contributed by atoms with E-state index >= 15 is 0 Å². The standard InChI is InChI=1S/C38H74O3/c1-5-7-9-11-12-13-14-15-16-17-18-19-23-26-30-34-38(40)41-37(33-29-10-8-6-2)35(3)31-27-24-21-20-22-25-28-32-36(4)39/h35,37H,5-34H2,1-4H3. The molecule has 0 saturated carbocycles. The average molecular weight is 579 g/mol. The summed E-state index contributed by atoms with van der Waals surface area (Å²) in [5.41, 5.74) is 0. The monoisotopic (exact) mass is 579 g/mol. The molecule has 3 nitrogen and oxygen atoms in total. The topological polar surface area (TPSA) is 43.4 Å². The van der Waals surface area contributed by atoms with Crippen LogP contribution in [0.4, 0.5) is 0 Å². The van der Waals surface area contributed by atoms with Crippen LogP contribution in [0.25, 0.3) is 0 Å². The SMILES string of the molecule is CCCCCCCCCCCCCCCCCC(=O)OC(CCCCCC)C(C)CCCCCCCCCC(C)=O. The first-order chi connectivity index (χ1) is 20.0. The zero-order valence-electron chi connectivity index (χ0n) is 28.6. The van der Waals surface area contributed by atoms with Gasteiger partial charge in [-0.15, -0.1) is 0 Å². The van der Waals surface area contributed by atoms with E-state index in [1.165, 1.54) is 154 Å². The van der Waals surface area contributed by atoms with Gasteiger partial charge < -0.3 is 9.53 Å². The number of unbranched alkanes of at least 4 members (excludes halogenated alkanes) is 23. The van der Waals surface area contributed by atoms with E-state index in [9.17, 15) is 9.59 Å². The minimum absolute atomic E-state index is 0.0394. The van der Waals surface area contributed by atoms with Crippen molar-refractivity contribution in [3.63, 3.8) is 0 Å². The smallest absolute Gasteiger partial charge is 0.306 e. The lowest BCUT2D eigenvalue weighted by Gasteiger charge is -2.24. The third-order valence-electron chi connectivity index (χ3n) is 8.93. The Morgan fingerprint density at radius 3 is 1.24 bits per heavy atom. The van der Waals surface area contributed by atoms with Gasteiger partial charge in [0.25, 0.3) is 0 Å². The molecule has 244 valence electrons. The summed E-state index contributed by atoms with van der Waals surface area (Å²) in [6.45, 7) is 8.53. The molecule has 0 spiro atoms. The van der Waals surface area contributed by atoms with E-state index in [2.05, 4.69) is 20.8 Å². The Morgan fingerprint density at radius 2 is 0.805 bits per heavy atom. The molecule has 0 aromatic carbocycles. The largest absolute Gasteiger partial charge is 0.462 e. The van der Waals surface area contributed by atoms with E-state index in [1.807, 2.05) is 0 Å². The van der Waals surface area contributed by atoms with Crippen LogP contribution in [0.15, 0.2) is 0 Å². The fraction of sp³-hybridized carbons (Fsp3) is 0.947. The first-order valence-corrected chi connectivity index (χ1v) is 18.7. The molecule has 0 aromatic rings. The van der Waals surface area contributed by atoms with Crippen molar-refractivity contribution in [3.8, 4) is 0 Å². The Balaban J connectivity index is 3.92. The van der Waals surface area contributed by atoms with Crippen LogP contribution in [-0.4, -0.2) is 17.9 Å². The lowest BCUT2D eigenvalue weighted by atomic mass is 9.93. The molecule has 0 rings (SSSR count). The van der Waals surface area contributed by atoms with E-state index in [1.54, 1.807) is 6.92 Å². The quantitative estimate of drug-likeness (QED) is 0.0574. The van der Waals surface area contributed by atoms with Gasteiger partial charge in [-0.25, -0.2) is 0 Å². The zero-order valence-corrected chi connectivity index (χ0v) is 28.6. The first kappa shape index (κ1) is 40.1. The zero-order chi connectivity index (χ0) is 30.2. The van der Waals surface area contributed by atoms with Gasteiger partial charge in [0.15, 0.2) is 0 Å². The van der Waals surface area contributed by atoms with Crippen molar-refractivity contribution in [2.75, 3.05) is 0 Å². The summed E-state index contributed by atoms with van der Waals surface area (Å²) in [5.74, 6) is 0.813. The van der Waals surface area contributed by atoms with Gasteiger partial charge in [0, 0.05) is 12.8 Å². The Kier molecular flexibility index (Phi) is 31.4. The van der Waals surface area contributed by atoms with Crippen molar-refractivity contribution >= 4 is 11.8 Å². The highest BCUT2D eigenvalue weighted by Gasteiger charge is 2.21. The lowest BCUT2D eigenvalue weighted by molar-refractivity contribution is -0.152. The summed E-state index contributed by atoms with van der Waals surface area (Å²) in [4.78, 5) is 23.7. The Morgan fingerprint density at radius 1 is 0.463 bits per heavy atom. The first-order valence-electron chi connectivity index (χ1n) is 18.7. The second-order valence-corrected chi connectivity index (χ2v) is 13.3. The predicted octanol–water partition coefficient (Wildman–Crippen LogP) is 12.9. The molecule has 0 amide bonds. The fourth-order valence-electron chi connectivity index (χ4n) is 6.01. The predicted molar refractivity (Wildman–Crippen MR) is 180 cm³/mol. The molecule has 0 aliphatic heterocycles. The molecule has 2 unspecified atom stereocenters. The third-order valence-corrected chi connectivity index (χ3v) is 8.93. The Bertz CT molecular complexity index is 558. The van der Waals surface area contributed by atoms with Gasteiger partial charge in [0.05, 0.1) is 0 Å². The van der Waals surface area contributed by atoms with Gasteiger partial charge in [-0.3, -0.25) is 4.79 Å². The molecule has 0 fully saturated rings. The van der Waals surface area contributed by atoms with Crippen LogP contribution in [0.5, 0.6) is 0 Å². The molecule has 0 aromatic heterocycles. The highest BCUT2D eigenvalue weighted by molar-refractivity contribution is 5.75. The molecule has 0 heterocycles. The maximum absolute atomic E-state index is 12.7. The van der Waals surface area contributed by atoms with Crippen LogP contribution >= 0.6 is 0 Å². The molecule has 0 N–H and O–H groups in total. The van der Waals surface area contributed by atoms with E-state index in [-0.39, 0.29) is 12.1 Å². The maximum Gasteiger partial charge on any atom is 0.306 e. The van der Waals surface area contributed by atoms with Crippen molar-refractivity contribution in [2.45, 2.75) is 226 Å². The normalized spacial score (nSPS) is 12.9. The molecule has 0 bridgehead atoms. The minimum atomic E-state index is 0.0394. The number of carbonyl (C=O) groups is 2. The third kappa shape index (κ3) is 30.4. The molecular formula is C38H74O3. The van der Waals surface area contributed by atoms with E-state index in [0.29, 0.717) is 18.1 Å². The van der Waals surface area contributed by atoms with Gasteiger partial charge in [-0.1, -0.05) is 168 Å². The summed E-state index contributed by atoms with van der Waals surface area (Å²) >= 11 is 0. The summed E-state index contributed by atoms with van der Waals surface area (Å²) < 4.78 is 6.09. The van der Waals surface area contributed by atoms with Crippen LogP contribution in [-0.2, 0) is 14.3 Å². The highest BCUT2D eigenvalue weighted by atomic mass is 16.5. The fourth-order valence-corrected chi connectivity index (χ4v) is 6.01. The van der Waals surface area contributed by atoms with Crippen molar-refractivity contribution in [3.05, 3.63) is 0 Å². The van der Waals surface area contributed by atoms with Crippen LogP contribution in [0, 0.1) is 5.92 Å². The second-order valence-electron chi connectivity index (χ2n) is 13.3. The number of ketones is 1. The van der Waals surface area contributed by atoms with Crippen molar-refractivity contribution in [1.82, 2.24) is 0 Å². The van der Waals surface area contributed by atoms with Crippen molar-refractivity contribution < 1.29 is 14.3 Å². The summed E-state index contributed by atoms with van der Waals surface area (Å²) in [5, 5.41) is 0. The van der Waals surface area contributed by atoms with Crippen LogP contribution in [0.3, 0.4) is 0 Å². The Labute approximate surface area is 258 Å². The number of hydrogen-bond acceptors (Lipinski definition) is 3. The van der Waals surface area contributed by atoms with Crippen LogP contribution in [0.1, 0.15) is 220 Å². The maximum atomic E-state index is 12.7. The lowest BCUT2D eigenvalue weighted by Crippen LogP contribution is -2.25. The Hall–Kier alpha value is -0.860. The van der Waals surface area contributed by atoms with Crippen LogP contribution in [0.2, 0.25) is 0 Å². The average Bonchev–Trinajstić information content (AvgIpc) is 2.95. The molecule has 2 atom stereocenters. The van der Waals surface area contributed by atoms with E-state index in [0.717, 1.165) is 32.1 Å². The molecule has 41 heavy (non-hydrogen) atoms. The van der Waals surface area contributed by atoms with E-state index < -0.39 is 0 Å². The number of hydrogen-bond donors (Lipinski definition) is 0. The molecule has 0 saturated heterocycles. The number of esters is 1. The van der Waals surface area contributed by atoms with Crippen molar-refractivity contribution in [2.24, 2.45) is 5.92 Å². The number of Topliss-reactive ketones (excluding diaryl/α,β-unsaturated/α-hetero) is 1. The summed E-state index contributed by atoms with van der Waals surface area (Å²) in [7, 11) is 0. The number of rotatable bonds is 33. The van der Waals surface area contributed by atoms with Gasteiger partial charge in [0.2, 0.25) is 0 Å². The van der Waals surface area contributed by atoms with Gasteiger partial charge in [-0.05, 0) is 44.9 Å². The molecular weight excluding hydrogens is 504 g/mol. The number of ether oxygens (including phenoxy) is 1. The summed E-state index contributed by atoms with van der Waals surface area (Å²) in [6, 6.07) is 0. The van der Waals surface area contributed by atoms with Crippen molar-refractivity contribution in [1.29, 1.82) is 0 Å². The molecule has 0 radical (unpaired) electrons. The van der Waals surface area contributed by atoms with E-state index in [4.69, 9.17) is 4.74 Å². The van der Waals surface area contributed by atoms with Gasteiger partial charge in [-0.2, -0.15) is 0 Å². The highest BCUT2D eigenvalue weighted by Crippen LogP contribution is 2.23. The molecule has 0 aliphatic rings. The molecule has 0 aliphatic carbocycles. The molecule has 3 heteroatoms. The van der Waals surface area contributed by atoms with Gasteiger partial charge in [0.1, 0.15) is 11.9 Å².